The lowest BCUT2D eigenvalue weighted by Crippen LogP contribution is -2.12. The smallest absolute Gasteiger partial charge is 0.339 e. The molecule has 0 aromatic heterocycles. The number of rotatable bonds is 5. The second-order valence-electron chi connectivity index (χ2n) is 4.71. The highest BCUT2D eigenvalue weighted by Gasteiger charge is 2.12. The van der Waals surface area contributed by atoms with Gasteiger partial charge in [0.25, 0.3) is 5.69 Å². The maximum atomic E-state index is 12.0. The Bertz CT molecular complexity index is 797. The molecular formula is C17H14N2O5. The van der Waals surface area contributed by atoms with Gasteiger partial charge in [-0.15, -0.1) is 0 Å². The third-order valence-electron chi connectivity index (χ3n) is 3.12. The summed E-state index contributed by atoms with van der Waals surface area (Å²) in [7, 11) is 1.26. The molecule has 0 bridgehead atoms. The summed E-state index contributed by atoms with van der Waals surface area (Å²) in [5.41, 5.74) is 1.19. The van der Waals surface area contributed by atoms with Gasteiger partial charge in [0, 0.05) is 18.2 Å². The molecule has 7 heteroatoms. The van der Waals surface area contributed by atoms with Crippen molar-refractivity contribution < 1.29 is 19.2 Å². The number of amides is 1. The Kier molecular flexibility index (Phi) is 5.40. The Morgan fingerprint density at radius 3 is 2.42 bits per heavy atom. The van der Waals surface area contributed by atoms with Crippen LogP contribution in [-0.4, -0.2) is 23.9 Å². The predicted octanol–water partition coefficient (Wildman–Crippen LogP) is 3.03. The van der Waals surface area contributed by atoms with Crippen LogP contribution in [0.2, 0.25) is 0 Å². The maximum absolute atomic E-state index is 12.0. The molecule has 0 saturated heterocycles. The summed E-state index contributed by atoms with van der Waals surface area (Å²) in [4.78, 5) is 33.7. The number of hydrogen-bond acceptors (Lipinski definition) is 5. The number of nitro groups is 1. The second-order valence-corrected chi connectivity index (χ2v) is 4.71. The van der Waals surface area contributed by atoms with Crippen LogP contribution < -0.4 is 5.32 Å². The Morgan fingerprint density at radius 2 is 1.79 bits per heavy atom. The quantitative estimate of drug-likeness (QED) is 0.394. The van der Waals surface area contributed by atoms with E-state index in [1.165, 1.54) is 43.5 Å². The molecule has 1 amide bonds. The lowest BCUT2D eigenvalue weighted by molar-refractivity contribution is -0.384. The summed E-state index contributed by atoms with van der Waals surface area (Å²) in [5, 5.41) is 13.2. The molecule has 0 spiro atoms. The van der Waals surface area contributed by atoms with Gasteiger partial charge in [-0.2, -0.15) is 0 Å². The van der Waals surface area contributed by atoms with Gasteiger partial charge in [0.1, 0.15) is 0 Å². The van der Waals surface area contributed by atoms with Gasteiger partial charge in [0.15, 0.2) is 0 Å². The Hall–Kier alpha value is -3.48. The van der Waals surface area contributed by atoms with Gasteiger partial charge in [-0.05, 0) is 35.9 Å². The predicted molar refractivity (Wildman–Crippen MR) is 88.5 cm³/mol. The number of methoxy groups -OCH3 is 1. The van der Waals surface area contributed by atoms with Crippen molar-refractivity contribution in [3.8, 4) is 0 Å². The lowest BCUT2D eigenvalue weighted by atomic mass is 10.1. The molecule has 0 aliphatic rings. The number of para-hydroxylation sites is 1. The minimum atomic E-state index is -0.551. The fourth-order valence-corrected chi connectivity index (χ4v) is 1.93. The molecule has 0 aliphatic carbocycles. The monoisotopic (exact) mass is 326 g/mol. The fourth-order valence-electron chi connectivity index (χ4n) is 1.93. The van der Waals surface area contributed by atoms with Gasteiger partial charge in [-0.3, -0.25) is 14.9 Å². The molecule has 2 aromatic rings. The lowest BCUT2D eigenvalue weighted by Gasteiger charge is -2.07. The van der Waals surface area contributed by atoms with Gasteiger partial charge in [0.05, 0.1) is 23.3 Å². The van der Waals surface area contributed by atoms with E-state index in [1.807, 2.05) is 0 Å². The molecule has 7 nitrogen and oxygen atoms in total. The Balaban J connectivity index is 2.08. The first-order valence-electron chi connectivity index (χ1n) is 6.92. The van der Waals surface area contributed by atoms with Crippen LogP contribution in [0, 0.1) is 10.1 Å². The van der Waals surface area contributed by atoms with Crippen LogP contribution in [0.25, 0.3) is 6.08 Å². The summed E-state index contributed by atoms with van der Waals surface area (Å²) in [6.07, 6.45) is 2.79. The number of ether oxygens (including phenoxy) is 1. The zero-order valence-electron chi connectivity index (χ0n) is 12.8. The molecule has 0 radical (unpaired) electrons. The minimum Gasteiger partial charge on any atom is -0.465 e. The SMILES string of the molecule is COC(=O)c1ccccc1NC(=O)C=Cc1ccc([N+](=O)[O-])cc1. The van der Waals surface area contributed by atoms with Gasteiger partial charge >= 0.3 is 5.97 Å². The number of benzene rings is 2. The number of non-ortho nitro benzene ring substituents is 1. The first kappa shape index (κ1) is 16.9. The van der Waals surface area contributed by atoms with Crippen LogP contribution in [0.15, 0.2) is 54.6 Å². The molecule has 0 heterocycles. The molecule has 0 saturated carbocycles. The van der Waals surface area contributed by atoms with Crippen molar-refractivity contribution in [3.05, 3.63) is 75.8 Å². The highest BCUT2D eigenvalue weighted by molar-refractivity contribution is 6.06. The number of nitrogens with zero attached hydrogens (tertiary/aromatic N) is 1. The van der Waals surface area contributed by atoms with Crippen molar-refractivity contribution in [2.45, 2.75) is 0 Å². The maximum Gasteiger partial charge on any atom is 0.339 e. The van der Waals surface area contributed by atoms with Gasteiger partial charge in [-0.1, -0.05) is 12.1 Å². The first-order chi connectivity index (χ1) is 11.5. The third kappa shape index (κ3) is 4.26. The van der Waals surface area contributed by atoms with Crippen LogP contribution in [0.3, 0.4) is 0 Å². The Labute approximate surface area is 137 Å². The summed E-state index contributed by atoms with van der Waals surface area (Å²) >= 11 is 0. The van der Waals surface area contributed by atoms with E-state index in [2.05, 4.69) is 10.1 Å². The molecule has 1 N–H and O–H groups in total. The summed E-state index contributed by atoms with van der Waals surface area (Å²) in [6, 6.07) is 12.2. The number of anilines is 1. The highest BCUT2D eigenvalue weighted by Crippen LogP contribution is 2.16. The van der Waals surface area contributed by atoms with E-state index in [-0.39, 0.29) is 11.3 Å². The Morgan fingerprint density at radius 1 is 1.12 bits per heavy atom. The van der Waals surface area contributed by atoms with Gasteiger partial charge in [-0.25, -0.2) is 4.79 Å². The zero-order chi connectivity index (χ0) is 17.5. The van der Waals surface area contributed by atoms with Crippen LogP contribution >= 0.6 is 0 Å². The number of nitro benzene ring substituents is 1. The average molecular weight is 326 g/mol. The second kappa shape index (κ2) is 7.68. The number of esters is 1. The van der Waals surface area contributed by atoms with E-state index in [1.54, 1.807) is 24.3 Å². The third-order valence-corrected chi connectivity index (χ3v) is 3.12. The van der Waals surface area contributed by atoms with Crippen LogP contribution in [0.4, 0.5) is 11.4 Å². The van der Waals surface area contributed by atoms with Crippen molar-refractivity contribution in [2.75, 3.05) is 12.4 Å². The van der Waals surface area contributed by atoms with Crippen molar-refractivity contribution in [2.24, 2.45) is 0 Å². The van der Waals surface area contributed by atoms with Crippen LogP contribution in [-0.2, 0) is 9.53 Å². The van der Waals surface area contributed by atoms with E-state index in [9.17, 15) is 19.7 Å². The average Bonchev–Trinajstić information content (AvgIpc) is 2.60. The highest BCUT2D eigenvalue weighted by atomic mass is 16.6. The van der Waals surface area contributed by atoms with Crippen LogP contribution in [0.1, 0.15) is 15.9 Å². The van der Waals surface area contributed by atoms with Crippen molar-refractivity contribution in [1.29, 1.82) is 0 Å². The molecule has 2 aromatic carbocycles. The van der Waals surface area contributed by atoms with E-state index < -0.39 is 16.8 Å². The molecule has 0 atom stereocenters. The standard InChI is InChI=1S/C17H14N2O5/c1-24-17(21)14-4-2-3-5-15(14)18-16(20)11-8-12-6-9-13(10-7-12)19(22)23/h2-11H,1H3,(H,18,20). The number of carbonyl (C=O) groups excluding carboxylic acids is 2. The summed E-state index contributed by atoms with van der Waals surface area (Å²) < 4.78 is 4.66. The fraction of sp³-hybridized carbons (Fsp3) is 0.0588. The largest absolute Gasteiger partial charge is 0.465 e. The van der Waals surface area contributed by atoms with E-state index in [0.29, 0.717) is 11.3 Å². The zero-order valence-corrected chi connectivity index (χ0v) is 12.8. The number of nitrogens with one attached hydrogen (secondary N) is 1. The summed E-state index contributed by atoms with van der Waals surface area (Å²) in [6.45, 7) is 0. The minimum absolute atomic E-state index is 0.0244. The van der Waals surface area contributed by atoms with Gasteiger partial charge in [0.2, 0.25) is 5.91 Å². The van der Waals surface area contributed by atoms with E-state index >= 15 is 0 Å². The molecule has 0 aliphatic heterocycles. The van der Waals surface area contributed by atoms with E-state index in [0.717, 1.165) is 0 Å². The van der Waals surface area contributed by atoms with Crippen molar-refractivity contribution in [1.82, 2.24) is 0 Å². The number of hydrogen-bond donors (Lipinski definition) is 1. The molecule has 0 fully saturated rings. The topological polar surface area (TPSA) is 98.5 Å². The van der Waals surface area contributed by atoms with E-state index in [4.69, 9.17) is 0 Å². The molecule has 122 valence electrons. The van der Waals surface area contributed by atoms with Crippen LogP contribution in [0.5, 0.6) is 0 Å². The molecule has 24 heavy (non-hydrogen) atoms. The first-order valence-corrected chi connectivity index (χ1v) is 6.92. The molecule has 2 rings (SSSR count). The van der Waals surface area contributed by atoms with Crippen molar-refractivity contribution >= 4 is 29.3 Å². The normalized spacial score (nSPS) is 10.4. The molecule has 0 unspecified atom stereocenters. The molecular weight excluding hydrogens is 312 g/mol. The summed E-state index contributed by atoms with van der Waals surface area (Å²) in [5.74, 6) is -0.991. The van der Waals surface area contributed by atoms with Crippen molar-refractivity contribution in [3.63, 3.8) is 0 Å². The number of carbonyl (C=O) groups is 2. The van der Waals surface area contributed by atoms with Gasteiger partial charge < -0.3 is 10.1 Å².